The molecule has 1 saturated heterocycles. The van der Waals surface area contributed by atoms with Crippen molar-refractivity contribution < 1.29 is 18.8 Å². The Morgan fingerprint density at radius 1 is 1.03 bits per heavy atom. The highest BCUT2D eigenvalue weighted by Gasteiger charge is 2.52. The first-order chi connectivity index (χ1) is 13.7. The molecular weight excluding hydrogens is 394 g/mol. The van der Waals surface area contributed by atoms with Crippen LogP contribution in [0.3, 0.4) is 0 Å². The van der Waals surface area contributed by atoms with Gasteiger partial charge in [0.15, 0.2) is 8.32 Å². The minimum Gasteiger partial charge on any atom is -0.444 e. The first-order valence-corrected chi connectivity index (χ1v) is 14.0. The lowest BCUT2D eigenvalue weighted by atomic mass is 9.72. The van der Waals surface area contributed by atoms with Gasteiger partial charge in [-0.15, -0.1) is 0 Å². The maximum absolute atomic E-state index is 13.1. The number of carbonyl (C=O) groups excluding carboxylic acids is 2. The van der Waals surface area contributed by atoms with Crippen molar-refractivity contribution in [2.75, 3.05) is 13.2 Å². The van der Waals surface area contributed by atoms with Crippen molar-refractivity contribution in [3.63, 3.8) is 0 Å². The quantitative estimate of drug-likeness (QED) is 0.474. The molecule has 1 saturated carbocycles. The smallest absolute Gasteiger partial charge is 0.410 e. The lowest BCUT2D eigenvalue weighted by Gasteiger charge is -2.44. The molecule has 1 unspecified atom stereocenters. The first-order valence-electron chi connectivity index (χ1n) is 11.9. The van der Waals surface area contributed by atoms with Gasteiger partial charge in [-0.05, 0) is 55.1 Å². The maximum Gasteiger partial charge on any atom is 0.410 e. The lowest BCUT2D eigenvalue weighted by molar-refractivity contribution is -0.124. The molecule has 1 amide bonds. The number of likely N-dealkylation sites (tertiary alicyclic amines) is 1. The van der Waals surface area contributed by atoms with E-state index in [2.05, 4.69) is 48.5 Å². The molecule has 30 heavy (non-hydrogen) atoms. The number of hydrogen-bond donors (Lipinski definition) is 0. The van der Waals surface area contributed by atoms with E-state index in [1.165, 1.54) is 0 Å². The average Bonchev–Trinajstić information content (AvgIpc) is 2.92. The van der Waals surface area contributed by atoms with Gasteiger partial charge >= 0.3 is 6.09 Å². The summed E-state index contributed by atoms with van der Waals surface area (Å²) >= 11 is 0. The van der Waals surface area contributed by atoms with Gasteiger partial charge in [0.1, 0.15) is 11.4 Å². The van der Waals surface area contributed by atoms with Crippen LogP contribution in [0.2, 0.25) is 16.6 Å². The van der Waals surface area contributed by atoms with E-state index in [1.54, 1.807) is 0 Å². The summed E-state index contributed by atoms with van der Waals surface area (Å²) in [6.45, 7) is 22.7. The van der Waals surface area contributed by atoms with Gasteiger partial charge in [0.25, 0.3) is 0 Å². The molecule has 1 aliphatic heterocycles. The molecule has 6 heteroatoms. The Hall–Kier alpha value is -0.883. The summed E-state index contributed by atoms with van der Waals surface area (Å²) in [4.78, 5) is 27.4. The molecule has 4 atom stereocenters. The molecule has 1 aliphatic carbocycles. The minimum absolute atomic E-state index is 0.0836. The third-order valence-corrected chi connectivity index (χ3v) is 13.5. The lowest BCUT2D eigenvalue weighted by Crippen LogP contribution is -2.52. The Labute approximate surface area is 185 Å². The fourth-order valence-electron chi connectivity index (χ4n) is 6.23. The predicted molar refractivity (Wildman–Crippen MR) is 124 cm³/mol. The molecule has 0 aromatic carbocycles. The molecule has 0 aromatic heterocycles. The number of Topliss-reactive ketones (excluding diaryl/α,β-unsaturated/α-hetero) is 1. The second kappa shape index (κ2) is 9.31. The second-order valence-electron chi connectivity index (χ2n) is 11.6. The van der Waals surface area contributed by atoms with Gasteiger partial charge < -0.3 is 14.1 Å². The monoisotopic (exact) mass is 439 g/mol. The highest BCUT2D eigenvalue weighted by atomic mass is 28.4. The molecular formula is C24H45NO4Si. The molecule has 0 bridgehead atoms. The Morgan fingerprint density at radius 3 is 2.03 bits per heavy atom. The van der Waals surface area contributed by atoms with Crippen LogP contribution in [-0.4, -0.2) is 49.9 Å². The Bertz CT molecular complexity index is 603. The largest absolute Gasteiger partial charge is 0.444 e. The SMILES string of the molecule is CC1CC(=O)C[C@H]2[C@@H]1CN(C(=O)OC(C)(C)C)[C@@H]2CO[Si](C(C)C)(C(C)C)C(C)C. The summed E-state index contributed by atoms with van der Waals surface area (Å²) < 4.78 is 12.7. The molecule has 174 valence electrons. The predicted octanol–water partition coefficient (Wildman–Crippen LogP) is 6.03. The van der Waals surface area contributed by atoms with Crippen LogP contribution in [-0.2, 0) is 14.0 Å². The maximum atomic E-state index is 13.1. The first kappa shape index (κ1) is 25.4. The van der Waals surface area contributed by atoms with Crippen LogP contribution in [0.15, 0.2) is 0 Å². The van der Waals surface area contributed by atoms with Crippen LogP contribution in [0.1, 0.15) is 82.1 Å². The third-order valence-electron chi connectivity index (χ3n) is 7.44. The molecule has 2 aliphatic rings. The summed E-state index contributed by atoms with van der Waals surface area (Å²) in [5, 5.41) is 0. The van der Waals surface area contributed by atoms with Crippen molar-refractivity contribution in [3.05, 3.63) is 0 Å². The van der Waals surface area contributed by atoms with Crippen molar-refractivity contribution in [1.29, 1.82) is 0 Å². The van der Waals surface area contributed by atoms with Crippen LogP contribution in [0.5, 0.6) is 0 Å². The van der Waals surface area contributed by atoms with Crippen molar-refractivity contribution in [2.24, 2.45) is 17.8 Å². The zero-order valence-corrected chi connectivity index (χ0v) is 22.0. The average molecular weight is 440 g/mol. The van der Waals surface area contributed by atoms with Crippen molar-refractivity contribution >= 4 is 20.2 Å². The van der Waals surface area contributed by atoms with Gasteiger partial charge in [-0.2, -0.15) is 0 Å². The Balaban J connectivity index is 2.33. The normalized spacial score (nSPS) is 27.9. The summed E-state index contributed by atoms with van der Waals surface area (Å²) in [5.74, 6) is 1.14. The van der Waals surface area contributed by atoms with Crippen molar-refractivity contribution in [1.82, 2.24) is 4.90 Å². The number of amides is 1. The van der Waals surface area contributed by atoms with Gasteiger partial charge in [-0.3, -0.25) is 4.79 Å². The fraction of sp³-hybridized carbons (Fsp3) is 0.917. The molecule has 2 rings (SSSR count). The Kier molecular flexibility index (Phi) is 7.88. The summed E-state index contributed by atoms with van der Waals surface area (Å²) in [7, 11) is -2.06. The standard InChI is InChI=1S/C24H45NO4Si/c1-15(2)30(16(3)4,17(5)6)28-14-22-20-12-19(26)11-18(7)21(20)13-25(22)23(27)29-24(8,9)10/h15-18,20-22H,11-14H2,1-10H3/t18?,20-,21+,22+/m0/s1. The van der Waals surface area contributed by atoms with E-state index >= 15 is 0 Å². The van der Waals surface area contributed by atoms with E-state index in [-0.39, 0.29) is 18.1 Å². The highest BCUT2D eigenvalue weighted by Crippen LogP contribution is 2.46. The number of ether oxygens (including phenoxy) is 1. The molecule has 0 spiro atoms. The van der Waals surface area contributed by atoms with E-state index in [9.17, 15) is 9.59 Å². The highest BCUT2D eigenvalue weighted by molar-refractivity contribution is 6.77. The van der Waals surface area contributed by atoms with Gasteiger partial charge in [-0.25, -0.2) is 4.79 Å². The molecule has 0 radical (unpaired) electrons. The van der Waals surface area contributed by atoms with E-state index in [4.69, 9.17) is 9.16 Å². The van der Waals surface area contributed by atoms with Crippen LogP contribution < -0.4 is 0 Å². The molecule has 2 fully saturated rings. The molecule has 0 aromatic rings. The van der Waals surface area contributed by atoms with E-state index < -0.39 is 13.9 Å². The van der Waals surface area contributed by atoms with E-state index in [0.29, 0.717) is 60.2 Å². The second-order valence-corrected chi connectivity index (χ2v) is 17.0. The zero-order chi connectivity index (χ0) is 23.0. The van der Waals surface area contributed by atoms with E-state index in [0.717, 1.165) is 0 Å². The molecule has 1 heterocycles. The Morgan fingerprint density at radius 2 is 1.57 bits per heavy atom. The number of rotatable bonds is 6. The van der Waals surface area contributed by atoms with Crippen molar-refractivity contribution in [2.45, 2.75) is 110 Å². The number of ketones is 1. The minimum atomic E-state index is -2.06. The van der Waals surface area contributed by atoms with Crippen LogP contribution in [0.4, 0.5) is 4.79 Å². The number of fused-ring (bicyclic) bond motifs is 1. The number of nitrogens with zero attached hydrogens (tertiary/aromatic N) is 1. The van der Waals surface area contributed by atoms with Gasteiger partial charge in [0, 0.05) is 19.4 Å². The fourth-order valence-corrected chi connectivity index (χ4v) is 11.7. The summed E-state index contributed by atoms with van der Waals surface area (Å²) in [6.07, 6.45) is 0.914. The topological polar surface area (TPSA) is 55.8 Å². The van der Waals surface area contributed by atoms with E-state index in [1.807, 2.05) is 25.7 Å². The zero-order valence-electron chi connectivity index (χ0n) is 21.0. The van der Waals surface area contributed by atoms with Gasteiger partial charge in [0.05, 0.1) is 12.6 Å². The summed E-state index contributed by atoms with van der Waals surface area (Å²) in [6, 6.07) is -0.0836. The van der Waals surface area contributed by atoms with Crippen LogP contribution >= 0.6 is 0 Å². The van der Waals surface area contributed by atoms with Gasteiger partial charge in [0.2, 0.25) is 0 Å². The van der Waals surface area contributed by atoms with Crippen LogP contribution in [0, 0.1) is 17.8 Å². The number of carbonyl (C=O) groups is 2. The summed E-state index contributed by atoms with van der Waals surface area (Å²) in [5.41, 5.74) is 0.911. The van der Waals surface area contributed by atoms with Crippen LogP contribution in [0.25, 0.3) is 0 Å². The molecule has 0 N–H and O–H groups in total. The third kappa shape index (κ3) is 5.12. The van der Waals surface area contributed by atoms with Crippen molar-refractivity contribution in [3.8, 4) is 0 Å². The number of hydrogen-bond acceptors (Lipinski definition) is 4. The van der Waals surface area contributed by atoms with Gasteiger partial charge in [-0.1, -0.05) is 48.5 Å². The molecule has 5 nitrogen and oxygen atoms in total.